The Balaban J connectivity index is 1.68. The minimum Gasteiger partial charge on any atom is -0.507 e. The molecule has 2 aromatic carbocycles. The number of phenolic OH excluding ortho intramolecular Hbond substituents is 1. The Bertz CT molecular complexity index is 1240. The van der Waals surface area contributed by atoms with Crippen LogP contribution >= 0.6 is 0 Å². The number of benzene rings is 2. The second-order valence-electron chi connectivity index (χ2n) is 8.16. The summed E-state index contributed by atoms with van der Waals surface area (Å²) in [6.45, 7) is 4.15. The van der Waals surface area contributed by atoms with Crippen LogP contribution in [-0.4, -0.2) is 27.2 Å². The zero-order valence-corrected chi connectivity index (χ0v) is 18.3. The number of nitrogens with zero attached hydrogens (tertiary/aromatic N) is 2. The van der Waals surface area contributed by atoms with Gasteiger partial charge in [-0.25, -0.2) is 9.37 Å². The molecule has 0 saturated carbocycles. The Morgan fingerprint density at radius 1 is 1.27 bits per heavy atom. The molecule has 2 heterocycles. The predicted octanol–water partition coefficient (Wildman–Crippen LogP) is 2.86. The summed E-state index contributed by atoms with van der Waals surface area (Å²) in [5.74, 6) is -1.39. The van der Waals surface area contributed by atoms with Crippen LogP contribution < -0.4 is 15.6 Å². The van der Waals surface area contributed by atoms with E-state index in [1.54, 1.807) is 13.8 Å². The summed E-state index contributed by atoms with van der Waals surface area (Å²) in [6.07, 6.45) is 0. The second-order valence-corrected chi connectivity index (χ2v) is 8.16. The summed E-state index contributed by atoms with van der Waals surface area (Å²) < 4.78 is 26.3. The third-order valence-electron chi connectivity index (χ3n) is 5.37. The number of fused-ring (bicyclic) bond motifs is 1. The van der Waals surface area contributed by atoms with Gasteiger partial charge in [0.15, 0.2) is 5.69 Å². The number of rotatable bonds is 6. The smallest absolute Gasteiger partial charge is 0.296 e. The lowest BCUT2D eigenvalue weighted by Crippen LogP contribution is -2.43. The Kier molecular flexibility index (Phi) is 6.15. The van der Waals surface area contributed by atoms with Gasteiger partial charge in [0.2, 0.25) is 5.75 Å². The van der Waals surface area contributed by atoms with Gasteiger partial charge >= 0.3 is 0 Å². The Labute approximate surface area is 189 Å². The summed E-state index contributed by atoms with van der Waals surface area (Å²) in [7, 11) is 0. The molecule has 0 unspecified atom stereocenters. The Hall–Kier alpha value is -3.72. The molecular formula is C24H24FN3O5. The summed E-state index contributed by atoms with van der Waals surface area (Å²) in [5, 5.41) is 12.5. The van der Waals surface area contributed by atoms with Crippen molar-refractivity contribution in [1.29, 1.82) is 0 Å². The van der Waals surface area contributed by atoms with Gasteiger partial charge in [-0.05, 0) is 25.5 Å². The van der Waals surface area contributed by atoms with E-state index in [4.69, 9.17) is 9.47 Å². The first-order chi connectivity index (χ1) is 15.8. The van der Waals surface area contributed by atoms with E-state index in [1.807, 2.05) is 30.3 Å². The molecule has 0 bridgehead atoms. The maximum atomic E-state index is 13.3. The summed E-state index contributed by atoms with van der Waals surface area (Å²) in [4.78, 5) is 30.8. The molecule has 9 heteroatoms. The highest BCUT2D eigenvalue weighted by molar-refractivity contribution is 5.94. The van der Waals surface area contributed by atoms with E-state index in [-0.39, 0.29) is 36.9 Å². The molecule has 0 saturated heterocycles. The van der Waals surface area contributed by atoms with Gasteiger partial charge in [-0.3, -0.25) is 14.2 Å². The van der Waals surface area contributed by atoms with Crippen LogP contribution in [-0.2, 0) is 30.0 Å². The highest BCUT2D eigenvalue weighted by Crippen LogP contribution is 2.28. The van der Waals surface area contributed by atoms with Gasteiger partial charge < -0.3 is 19.9 Å². The van der Waals surface area contributed by atoms with Crippen LogP contribution in [0.3, 0.4) is 0 Å². The molecule has 1 aliphatic rings. The topological polar surface area (TPSA) is 103 Å². The zero-order chi connectivity index (χ0) is 23.6. The molecule has 3 aromatic rings. The normalized spacial score (nSPS) is 14.4. The first-order valence-corrected chi connectivity index (χ1v) is 10.5. The number of aromatic hydroxyl groups is 1. The van der Waals surface area contributed by atoms with Gasteiger partial charge in [-0.1, -0.05) is 36.4 Å². The molecule has 0 radical (unpaired) electrons. The summed E-state index contributed by atoms with van der Waals surface area (Å²) in [6, 6.07) is 12.8. The van der Waals surface area contributed by atoms with E-state index < -0.39 is 22.9 Å². The van der Waals surface area contributed by atoms with E-state index in [9.17, 15) is 19.1 Å². The van der Waals surface area contributed by atoms with Crippen molar-refractivity contribution in [1.82, 2.24) is 14.9 Å². The van der Waals surface area contributed by atoms with Crippen LogP contribution in [0.1, 0.15) is 41.3 Å². The quantitative estimate of drug-likeness (QED) is 0.595. The van der Waals surface area contributed by atoms with Crippen molar-refractivity contribution in [3.8, 4) is 11.5 Å². The average molecular weight is 453 g/mol. The molecule has 172 valence electrons. The van der Waals surface area contributed by atoms with Crippen LogP contribution in [0.15, 0.2) is 53.3 Å². The van der Waals surface area contributed by atoms with Gasteiger partial charge in [-0.15, -0.1) is 0 Å². The predicted molar refractivity (Wildman–Crippen MR) is 117 cm³/mol. The van der Waals surface area contributed by atoms with Crippen molar-refractivity contribution < 1.29 is 23.8 Å². The minimum atomic E-state index is -0.875. The van der Waals surface area contributed by atoms with Gasteiger partial charge in [0.25, 0.3) is 11.5 Å². The Morgan fingerprint density at radius 2 is 2.03 bits per heavy atom. The number of ether oxygens (including phenoxy) is 2. The molecule has 1 amide bonds. The zero-order valence-electron chi connectivity index (χ0n) is 18.3. The van der Waals surface area contributed by atoms with Crippen LogP contribution in [0.5, 0.6) is 11.5 Å². The maximum absolute atomic E-state index is 13.3. The number of hydrogen-bond donors (Lipinski definition) is 2. The monoisotopic (exact) mass is 453 g/mol. The second kappa shape index (κ2) is 9.03. The number of carbonyl (C=O) groups excluding carboxylic acids is 1. The van der Waals surface area contributed by atoms with Crippen molar-refractivity contribution in [2.24, 2.45) is 0 Å². The number of nitrogens with one attached hydrogen (secondary N) is 1. The third kappa shape index (κ3) is 4.73. The molecule has 2 N–H and O–H groups in total. The van der Waals surface area contributed by atoms with Crippen molar-refractivity contribution in [2.75, 3.05) is 6.61 Å². The lowest BCUT2D eigenvalue weighted by Gasteiger charge is -2.32. The standard InChI is InChI=1S/C24H24FN3O5/c1-24(2)23-27-19(21(30)26-13-16-8-9-17(25)12-18(16)29)20(22(31)28(23)10-11-33-24)32-14-15-6-4-3-5-7-15/h3-9,12,29H,10-11,13-14H2,1-2H3,(H,26,30). The van der Waals surface area contributed by atoms with Crippen molar-refractivity contribution >= 4 is 5.91 Å². The van der Waals surface area contributed by atoms with E-state index in [2.05, 4.69) is 10.3 Å². The van der Waals surface area contributed by atoms with Crippen LogP contribution in [0.25, 0.3) is 0 Å². The number of phenols is 1. The fourth-order valence-electron chi connectivity index (χ4n) is 3.62. The highest BCUT2D eigenvalue weighted by Gasteiger charge is 2.35. The number of carbonyl (C=O) groups is 1. The SMILES string of the molecule is CC1(C)OCCn2c1nc(C(=O)NCc1ccc(F)cc1O)c(OCc1ccccc1)c2=O. The summed E-state index contributed by atoms with van der Waals surface area (Å²) >= 11 is 0. The maximum Gasteiger partial charge on any atom is 0.296 e. The van der Waals surface area contributed by atoms with Crippen LogP contribution in [0.2, 0.25) is 0 Å². The number of halogens is 1. The average Bonchev–Trinajstić information content (AvgIpc) is 2.78. The lowest BCUT2D eigenvalue weighted by molar-refractivity contribution is -0.0567. The molecule has 0 atom stereocenters. The minimum absolute atomic E-state index is 0.0794. The molecule has 4 rings (SSSR count). The van der Waals surface area contributed by atoms with E-state index >= 15 is 0 Å². The number of hydrogen-bond acceptors (Lipinski definition) is 6. The largest absolute Gasteiger partial charge is 0.507 e. The third-order valence-corrected chi connectivity index (χ3v) is 5.37. The van der Waals surface area contributed by atoms with E-state index in [0.717, 1.165) is 11.6 Å². The van der Waals surface area contributed by atoms with Gasteiger partial charge in [0, 0.05) is 18.2 Å². The molecule has 0 aliphatic carbocycles. The molecule has 0 spiro atoms. The first kappa shape index (κ1) is 22.5. The highest BCUT2D eigenvalue weighted by atomic mass is 19.1. The van der Waals surface area contributed by atoms with Gasteiger partial charge in [-0.2, -0.15) is 0 Å². The number of aromatic nitrogens is 2. The summed E-state index contributed by atoms with van der Waals surface area (Å²) in [5.41, 5.74) is -0.384. The Morgan fingerprint density at radius 3 is 2.76 bits per heavy atom. The molecule has 0 fully saturated rings. The molecule has 33 heavy (non-hydrogen) atoms. The van der Waals surface area contributed by atoms with Crippen molar-refractivity contribution in [3.05, 3.63) is 87.3 Å². The van der Waals surface area contributed by atoms with Crippen LogP contribution in [0.4, 0.5) is 4.39 Å². The molecular weight excluding hydrogens is 429 g/mol. The molecule has 1 aromatic heterocycles. The van der Waals surface area contributed by atoms with Gasteiger partial charge in [0.1, 0.15) is 29.6 Å². The fourth-order valence-corrected chi connectivity index (χ4v) is 3.62. The van der Waals surface area contributed by atoms with E-state index in [0.29, 0.717) is 18.0 Å². The van der Waals surface area contributed by atoms with Crippen molar-refractivity contribution in [2.45, 2.75) is 39.1 Å². The van der Waals surface area contributed by atoms with Gasteiger partial charge in [0.05, 0.1) is 13.2 Å². The fraction of sp³-hybridized carbons (Fsp3) is 0.292. The lowest BCUT2D eigenvalue weighted by atomic mass is 10.1. The molecule has 1 aliphatic heterocycles. The van der Waals surface area contributed by atoms with Crippen molar-refractivity contribution in [3.63, 3.8) is 0 Å². The molecule has 8 nitrogen and oxygen atoms in total. The van der Waals surface area contributed by atoms with E-state index in [1.165, 1.54) is 16.7 Å². The van der Waals surface area contributed by atoms with Crippen LogP contribution in [0, 0.1) is 5.82 Å². The first-order valence-electron chi connectivity index (χ1n) is 10.5. The number of amides is 1.